The monoisotopic (exact) mass is 262 g/mol. The fourth-order valence-corrected chi connectivity index (χ4v) is 2.91. The molecule has 2 rings (SSSR count). The molecule has 4 nitrogen and oxygen atoms in total. The molecule has 19 heavy (non-hydrogen) atoms. The maximum atomic E-state index is 11.1. The lowest BCUT2D eigenvalue weighted by atomic mass is 9.99. The van der Waals surface area contributed by atoms with Crippen molar-refractivity contribution in [1.29, 1.82) is 0 Å². The lowest BCUT2D eigenvalue weighted by Gasteiger charge is -2.22. The zero-order valence-corrected chi connectivity index (χ0v) is 11.9. The number of rotatable bonds is 3. The Bertz CT molecular complexity index is 490. The van der Waals surface area contributed by atoms with Gasteiger partial charge < -0.3 is 10.8 Å². The fourth-order valence-electron chi connectivity index (χ4n) is 2.91. The Balaban J connectivity index is 2.14. The molecule has 104 valence electrons. The Labute approximate surface area is 114 Å². The minimum absolute atomic E-state index is 0.426. The van der Waals surface area contributed by atoms with Crippen molar-refractivity contribution >= 4 is 5.97 Å². The molecule has 0 saturated carbocycles. The van der Waals surface area contributed by atoms with Crippen molar-refractivity contribution in [3.05, 3.63) is 34.4 Å². The van der Waals surface area contributed by atoms with E-state index < -0.39 is 11.5 Å². The number of aliphatic carboxylic acids is 1. The van der Waals surface area contributed by atoms with Crippen LogP contribution in [0.1, 0.15) is 28.7 Å². The van der Waals surface area contributed by atoms with Gasteiger partial charge in [0, 0.05) is 19.6 Å². The summed E-state index contributed by atoms with van der Waals surface area (Å²) in [6.45, 7) is 8.26. The highest BCUT2D eigenvalue weighted by atomic mass is 16.4. The maximum Gasteiger partial charge on any atom is 0.325 e. The molecule has 1 atom stereocenters. The highest BCUT2D eigenvalue weighted by molar-refractivity contribution is 5.79. The molecule has 1 aliphatic heterocycles. The Morgan fingerprint density at radius 3 is 2.42 bits per heavy atom. The van der Waals surface area contributed by atoms with E-state index in [1.165, 1.54) is 22.3 Å². The van der Waals surface area contributed by atoms with Crippen molar-refractivity contribution in [3.8, 4) is 0 Å². The number of nitrogens with two attached hydrogens (primary N) is 1. The molecule has 3 N–H and O–H groups in total. The van der Waals surface area contributed by atoms with Crippen LogP contribution < -0.4 is 5.73 Å². The van der Waals surface area contributed by atoms with E-state index in [1.807, 2.05) is 0 Å². The molecule has 0 amide bonds. The van der Waals surface area contributed by atoms with Crippen LogP contribution in [0.2, 0.25) is 0 Å². The van der Waals surface area contributed by atoms with Crippen LogP contribution in [-0.2, 0) is 11.3 Å². The largest absolute Gasteiger partial charge is 0.480 e. The van der Waals surface area contributed by atoms with Crippen molar-refractivity contribution < 1.29 is 9.90 Å². The molecule has 1 aromatic rings. The van der Waals surface area contributed by atoms with Gasteiger partial charge in [0.15, 0.2) is 0 Å². The molecule has 1 aliphatic rings. The van der Waals surface area contributed by atoms with Crippen LogP contribution in [0, 0.1) is 20.8 Å². The number of benzene rings is 1. The summed E-state index contributed by atoms with van der Waals surface area (Å²) in [5.41, 5.74) is 9.91. The van der Waals surface area contributed by atoms with E-state index in [-0.39, 0.29) is 0 Å². The summed E-state index contributed by atoms with van der Waals surface area (Å²) < 4.78 is 0. The minimum atomic E-state index is -1.08. The second kappa shape index (κ2) is 4.94. The third kappa shape index (κ3) is 2.80. The van der Waals surface area contributed by atoms with Gasteiger partial charge in [0.2, 0.25) is 0 Å². The van der Waals surface area contributed by atoms with E-state index in [4.69, 9.17) is 10.8 Å². The molecule has 1 unspecified atom stereocenters. The second-order valence-electron chi connectivity index (χ2n) is 5.80. The molecule has 0 spiro atoms. The molecule has 0 radical (unpaired) electrons. The number of hydrogen-bond acceptors (Lipinski definition) is 3. The third-order valence-corrected chi connectivity index (χ3v) is 4.03. The van der Waals surface area contributed by atoms with Crippen molar-refractivity contribution in [2.24, 2.45) is 5.73 Å². The number of carbonyl (C=O) groups is 1. The normalized spacial score (nSPS) is 23.8. The SMILES string of the molecule is Cc1cc(C)c(CN2CCC(N)(C(=O)O)C2)c(C)c1. The van der Waals surface area contributed by atoms with E-state index >= 15 is 0 Å². The van der Waals surface area contributed by atoms with Crippen molar-refractivity contribution in [2.45, 2.75) is 39.3 Å². The van der Waals surface area contributed by atoms with Gasteiger partial charge in [-0.2, -0.15) is 0 Å². The summed E-state index contributed by atoms with van der Waals surface area (Å²) in [6, 6.07) is 4.34. The summed E-state index contributed by atoms with van der Waals surface area (Å²) in [6.07, 6.45) is 0.520. The number of likely N-dealkylation sites (tertiary alicyclic amines) is 1. The van der Waals surface area contributed by atoms with Gasteiger partial charge in [0.1, 0.15) is 5.54 Å². The molecular formula is C15H22N2O2. The molecule has 1 aromatic carbocycles. The van der Waals surface area contributed by atoms with Crippen LogP contribution >= 0.6 is 0 Å². The molecule has 0 aromatic heterocycles. The number of nitrogens with zero attached hydrogens (tertiary/aromatic N) is 1. The lowest BCUT2D eigenvalue weighted by molar-refractivity contribution is -0.142. The van der Waals surface area contributed by atoms with Gasteiger partial charge in [-0.1, -0.05) is 17.7 Å². The van der Waals surface area contributed by atoms with Crippen LogP contribution in [-0.4, -0.2) is 34.6 Å². The Kier molecular flexibility index (Phi) is 3.65. The van der Waals surface area contributed by atoms with Crippen LogP contribution in [0.5, 0.6) is 0 Å². The summed E-state index contributed by atoms with van der Waals surface area (Å²) in [7, 11) is 0. The standard InChI is InChI=1S/C15H22N2O2/c1-10-6-11(2)13(12(3)7-10)8-17-5-4-15(16,9-17)14(18)19/h6-7H,4-5,8-9,16H2,1-3H3,(H,18,19). The Morgan fingerprint density at radius 1 is 1.37 bits per heavy atom. The number of hydrogen-bond donors (Lipinski definition) is 2. The van der Waals surface area contributed by atoms with E-state index in [2.05, 4.69) is 37.8 Å². The maximum absolute atomic E-state index is 11.1. The fraction of sp³-hybridized carbons (Fsp3) is 0.533. The first kappa shape index (κ1) is 14.0. The van der Waals surface area contributed by atoms with Gasteiger partial charge in [-0.15, -0.1) is 0 Å². The molecule has 1 fully saturated rings. The van der Waals surface area contributed by atoms with Gasteiger partial charge in [-0.25, -0.2) is 0 Å². The molecule has 0 aliphatic carbocycles. The van der Waals surface area contributed by atoms with E-state index in [1.54, 1.807) is 0 Å². The highest BCUT2D eigenvalue weighted by Crippen LogP contribution is 2.24. The first-order valence-corrected chi connectivity index (χ1v) is 6.63. The predicted molar refractivity (Wildman–Crippen MR) is 75.1 cm³/mol. The molecular weight excluding hydrogens is 240 g/mol. The average Bonchev–Trinajstić information content (AvgIpc) is 2.67. The number of aryl methyl sites for hydroxylation is 3. The van der Waals surface area contributed by atoms with Crippen LogP contribution in [0.3, 0.4) is 0 Å². The zero-order valence-electron chi connectivity index (χ0n) is 11.9. The van der Waals surface area contributed by atoms with Crippen LogP contribution in [0.15, 0.2) is 12.1 Å². The molecule has 1 saturated heterocycles. The third-order valence-electron chi connectivity index (χ3n) is 4.03. The van der Waals surface area contributed by atoms with E-state index in [0.29, 0.717) is 13.0 Å². The Morgan fingerprint density at radius 2 is 1.95 bits per heavy atom. The smallest absolute Gasteiger partial charge is 0.325 e. The van der Waals surface area contributed by atoms with Gasteiger partial charge in [0.05, 0.1) is 0 Å². The van der Waals surface area contributed by atoms with E-state index in [0.717, 1.165) is 13.1 Å². The van der Waals surface area contributed by atoms with Crippen LogP contribution in [0.4, 0.5) is 0 Å². The van der Waals surface area contributed by atoms with Gasteiger partial charge in [-0.05, 0) is 43.9 Å². The molecule has 1 heterocycles. The summed E-state index contributed by atoms with van der Waals surface area (Å²) >= 11 is 0. The van der Waals surface area contributed by atoms with Crippen molar-refractivity contribution in [1.82, 2.24) is 4.90 Å². The van der Waals surface area contributed by atoms with E-state index in [9.17, 15) is 4.79 Å². The minimum Gasteiger partial charge on any atom is -0.480 e. The van der Waals surface area contributed by atoms with Gasteiger partial charge in [0.25, 0.3) is 0 Å². The lowest BCUT2D eigenvalue weighted by Crippen LogP contribution is -2.50. The summed E-state index contributed by atoms with van der Waals surface area (Å²) in [5, 5.41) is 9.15. The first-order chi connectivity index (χ1) is 8.82. The topological polar surface area (TPSA) is 66.6 Å². The van der Waals surface area contributed by atoms with Gasteiger partial charge in [-0.3, -0.25) is 9.69 Å². The molecule has 4 heteroatoms. The van der Waals surface area contributed by atoms with Crippen LogP contribution in [0.25, 0.3) is 0 Å². The summed E-state index contributed by atoms with van der Waals surface area (Å²) in [4.78, 5) is 13.3. The highest BCUT2D eigenvalue weighted by Gasteiger charge is 2.41. The average molecular weight is 262 g/mol. The molecule has 0 bridgehead atoms. The first-order valence-electron chi connectivity index (χ1n) is 6.63. The number of carboxylic acid groups (broad SMARTS) is 1. The quantitative estimate of drug-likeness (QED) is 0.868. The Hall–Kier alpha value is -1.39. The van der Waals surface area contributed by atoms with Crippen molar-refractivity contribution in [3.63, 3.8) is 0 Å². The second-order valence-corrected chi connectivity index (χ2v) is 5.80. The van der Waals surface area contributed by atoms with Gasteiger partial charge >= 0.3 is 5.97 Å². The zero-order chi connectivity index (χ0) is 14.2. The number of carboxylic acids is 1. The summed E-state index contributed by atoms with van der Waals surface area (Å²) in [5.74, 6) is -0.896. The predicted octanol–water partition coefficient (Wildman–Crippen LogP) is 1.60. The van der Waals surface area contributed by atoms with Crippen molar-refractivity contribution in [2.75, 3.05) is 13.1 Å².